The van der Waals surface area contributed by atoms with E-state index in [9.17, 15) is 9.59 Å². The highest BCUT2D eigenvalue weighted by Gasteiger charge is 2.17. The van der Waals surface area contributed by atoms with Crippen LogP contribution in [0.1, 0.15) is 26.3 Å². The lowest BCUT2D eigenvalue weighted by atomic mass is 10.1. The van der Waals surface area contributed by atoms with E-state index in [1.165, 1.54) is 39.7 Å². The second-order valence-electron chi connectivity index (χ2n) is 6.55. The van der Waals surface area contributed by atoms with E-state index in [1.54, 1.807) is 42.5 Å². The first-order chi connectivity index (χ1) is 16.0. The fourth-order valence-corrected chi connectivity index (χ4v) is 3.26. The topological polar surface area (TPSA) is 95.5 Å². The third-order valence-corrected chi connectivity index (χ3v) is 4.97. The molecule has 0 aliphatic heterocycles. The van der Waals surface area contributed by atoms with Crippen molar-refractivity contribution in [1.29, 1.82) is 0 Å². The van der Waals surface area contributed by atoms with Gasteiger partial charge in [0.15, 0.2) is 11.5 Å². The lowest BCUT2D eigenvalue weighted by molar-refractivity contribution is 0.0734. The molecule has 33 heavy (non-hydrogen) atoms. The Morgan fingerprint density at radius 3 is 2.12 bits per heavy atom. The summed E-state index contributed by atoms with van der Waals surface area (Å²) in [6.45, 7) is 0. The van der Waals surface area contributed by atoms with Crippen molar-refractivity contribution in [2.75, 3.05) is 21.3 Å². The van der Waals surface area contributed by atoms with Crippen LogP contribution in [-0.4, -0.2) is 39.4 Å². The normalized spacial score (nSPS) is 10.5. The van der Waals surface area contributed by atoms with E-state index in [-0.39, 0.29) is 11.3 Å². The third-order valence-electron chi connectivity index (χ3n) is 4.48. The number of methoxy groups -OCH3 is 3. The summed E-state index contributed by atoms with van der Waals surface area (Å²) < 4.78 is 22.1. The number of nitrogens with one attached hydrogen (secondary N) is 1. The van der Waals surface area contributed by atoms with Crippen LogP contribution in [0.25, 0.3) is 0 Å². The Hall–Kier alpha value is -3.85. The number of hydrogen-bond acceptors (Lipinski definition) is 7. The number of nitrogens with zero attached hydrogens (tertiary/aromatic N) is 1. The zero-order chi connectivity index (χ0) is 23.8. The maximum atomic E-state index is 12.6. The molecule has 170 valence electrons. The van der Waals surface area contributed by atoms with E-state index >= 15 is 0 Å². The molecule has 0 aromatic heterocycles. The van der Waals surface area contributed by atoms with Gasteiger partial charge in [0.25, 0.3) is 5.91 Å². The second-order valence-corrected chi connectivity index (χ2v) is 7.47. The van der Waals surface area contributed by atoms with E-state index in [0.717, 1.165) is 4.47 Å². The first-order valence-corrected chi connectivity index (χ1v) is 10.5. The molecular formula is C24H21BrN2O6. The van der Waals surface area contributed by atoms with Gasteiger partial charge in [-0.2, -0.15) is 5.10 Å². The summed E-state index contributed by atoms with van der Waals surface area (Å²) in [5.41, 5.74) is 3.60. The predicted octanol–water partition coefficient (Wildman–Crippen LogP) is 4.46. The standard InChI is InChI=1S/C24H21BrN2O6/c1-30-20-12-16(13-21(31-2)22(20)32-3)23(28)27-26-14-17-11-18(25)9-10-19(17)33-24(29)15-7-5-4-6-8-15/h4-14H,1-3H3,(H,27,28)/b26-14-. The SMILES string of the molecule is COc1cc(C(=O)N/N=C\c2cc(Br)ccc2OC(=O)c2ccccc2)cc(OC)c1OC. The van der Waals surface area contributed by atoms with Crippen molar-refractivity contribution in [3.63, 3.8) is 0 Å². The number of amides is 1. The molecule has 3 aromatic rings. The van der Waals surface area contributed by atoms with Crippen molar-refractivity contribution in [2.24, 2.45) is 5.10 Å². The summed E-state index contributed by atoms with van der Waals surface area (Å²) in [4.78, 5) is 25.0. The molecule has 0 aliphatic carbocycles. The quantitative estimate of drug-likeness (QED) is 0.207. The van der Waals surface area contributed by atoms with Gasteiger partial charge in [0.05, 0.1) is 33.1 Å². The van der Waals surface area contributed by atoms with Crippen LogP contribution in [0.3, 0.4) is 0 Å². The highest BCUT2D eigenvalue weighted by atomic mass is 79.9. The Morgan fingerprint density at radius 1 is 0.848 bits per heavy atom. The largest absolute Gasteiger partial charge is 0.493 e. The minimum atomic E-state index is -0.506. The van der Waals surface area contributed by atoms with E-state index < -0.39 is 11.9 Å². The van der Waals surface area contributed by atoms with Crippen LogP contribution < -0.4 is 24.4 Å². The van der Waals surface area contributed by atoms with Crippen molar-refractivity contribution in [1.82, 2.24) is 5.43 Å². The molecule has 0 saturated heterocycles. The monoisotopic (exact) mass is 512 g/mol. The molecule has 1 N–H and O–H groups in total. The lowest BCUT2D eigenvalue weighted by Gasteiger charge is -2.13. The molecule has 0 radical (unpaired) electrons. The van der Waals surface area contributed by atoms with Crippen LogP contribution in [-0.2, 0) is 0 Å². The van der Waals surface area contributed by atoms with Gasteiger partial charge in [-0.05, 0) is 42.5 Å². The lowest BCUT2D eigenvalue weighted by Crippen LogP contribution is -2.18. The van der Waals surface area contributed by atoms with Crippen LogP contribution in [0.5, 0.6) is 23.0 Å². The van der Waals surface area contributed by atoms with Crippen molar-refractivity contribution in [3.05, 3.63) is 81.8 Å². The van der Waals surface area contributed by atoms with Crippen LogP contribution in [0, 0.1) is 0 Å². The highest BCUT2D eigenvalue weighted by Crippen LogP contribution is 2.38. The number of carbonyl (C=O) groups excluding carboxylic acids is 2. The first kappa shape index (κ1) is 23.8. The Labute approximate surface area is 199 Å². The average molecular weight is 513 g/mol. The summed E-state index contributed by atoms with van der Waals surface area (Å²) in [7, 11) is 4.40. The zero-order valence-corrected chi connectivity index (χ0v) is 19.7. The Morgan fingerprint density at radius 2 is 1.52 bits per heavy atom. The van der Waals surface area contributed by atoms with Crippen molar-refractivity contribution >= 4 is 34.0 Å². The van der Waals surface area contributed by atoms with E-state index in [2.05, 4.69) is 26.5 Å². The molecule has 0 aliphatic rings. The summed E-state index contributed by atoms with van der Waals surface area (Å²) in [6, 6.07) is 16.7. The fourth-order valence-electron chi connectivity index (χ4n) is 2.88. The molecule has 3 rings (SSSR count). The van der Waals surface area contributed by atoms with E-state index in [1.807, 2.05) is 6.07 Å². The van der Waals surface area contributed by atoms with Gasteiger partial charge >= 0.3 is 5.97 Å². The molecule has 0 unspecified atom stereocenters. The van der Waals surface area contributed by atoms with Crippen LogP contribution >= 0.6 is 15.9 Å². The minimum Gasteiger partial charge on any atom is -0.493 e. The first-order valence-electron chi connectivity index (χ1n) is 9.67. The number of hydrogen-bond donors (Lipinski definition) is 1. The number of halogens is 1. The van der Waals surface area contributed by atoms with Gasteiger partial charge in [-0.1, -0.05) is 34.1 Å². The number of hydrazone groups is 1. The molecule has 0 saturated carbocycles. The average Bonchev–Trinajstić information content (AvgIpc) is 2.84. The van der Waals surface area contributed by atoms with Gasteiger partial charge in [0, 0.05) is 15.6 Å². The van der Waals surface area contributed by atoms with Gasteiger partial charge in [-0.3, -0.25) is 4.79 Å². The van der Waals surface area contributed by atoms with E-state index in [0.29, 0.717) is 28.4 Å². The highest BCUT2D eigenvalue weighted by molar-refractivity contribution is 9.10. The molecule has 0 bridgehead atoms. The molecular weight excluding hydrogens is 492 g/mol. The smallest absolute Gasteiger partial charge is 0.343 e. The summed E-state index contributed by atoms with van der Waals surface area (Å²) in [5, 5.41) is 4.00. The van der Waals surface area contributed by atoms with Crippen LogP contribution in [0.2, 0.25) is 0 Å². The number of carbonyl (C=O) groups is 2. The predicted molar refractivity (Wildman–Crippen MR) is 127 cm³/mol. The van der Waals surface area contributed by atoms with Crippen molar-refractivity contribution in [3.8, 4) is 23.0 Å². The molecule has 9 heteroatoms. The Kier molecular flexibility index (Phi) is 8.04. The number of benzene rings is 3. The molecule has 0 spiro atoms. The molecule has 0 fully saturated rings. The maximum Gasteiger partial charge on any atom is 0.343 e. The van der Waals surface area contributed by atoms with Gasteiger partial charge in [-0.15, -0.1) is 0 Å². The second kappa shape index (κ2) is 11.1. The summed E-state index contributed by atoms with van der Waals surface area (Å²) in [5.74, 6) is 0.343. The summed E-state index contributed by atoms with van der Waals surface area (Å²) >= 11 is 3.38. The summed E-state index contributed by atoms with van der Waals surface area (Å²) in [6.07, 6.45) is 1.38. The number of rotatable bonds is 8. The third kappa shape index (κ3) is 5.89. The zero-order valence-electron chi connectivity index (χ0n) is 18.1. The maximum absolute atomic E-state index is 12.6. The van der Waals surface area contributed by atoms with Crippen molar-refractivity contribution < 1.29 is 28.5 Å². The van der Waals surface area contributed by atoms with Crippen molar-refractivity contribution in [2.45, 2.75) is 0 Å². The molecule has 1 amide bonds. The van der Waals surface area contributed by atoms with Gasteiger partial charge in [0.2, 0.25) is 5.75 Å². The molecule has 0 heterocycles. The number of esters is 1. The van der Waals surface area contributed by atoms with Crippen LogP contribution in [0.15, 0.2) is 70.2 Å². The number of ether oxygens (including phenoxy) is 4. The van der Waals surface area contributed by atoms with Gasteiger partial charge in [0.1, 0.15) is 5.75 Å². The molecule has 0 atom stereocenters. The minimum absolute atomic E-state index is 0.256. The Balaban J connectivity index is 1.78. The van der Waals surface area contributed by atoms with Gasteiger partial charge in [-0.25, -0.2) is 10.2 Å². The van der Waals surface area contributed by atoms with Crippen LogP contribution in [0.4, 0.5) is 0 Å². The molecule has 8 nitrogen and oxygen atoms in total. The Bertz CT molecular complexity index is 1160. The fraction of sp³-hybridized carbons (Fsp3) is 0.125. The van der Waals surface area contributed by atoms with Gasteiger partial charge < -0.3 is 18.9 Å². The van der Waals surface area contributed by atoms with E-state index in [4.69, 9.17) is 18.9 Å². The molecule has 3 aromatic carbocycles.